The number of amidine groups is 1. The van der Waals surface area contributed by atoms with Crippen molar-refractivity contribution in [3.8, 4) is 11.3 Å². The van der Waals surface area contributed by atoms with Crippen molar-refractivity contribution in [3.05, 3.63) is 52.5 Å². The van der Waals surface area contributed by atoms with Gasteiger partial charge in [-0.15, -0.1) is 0 Å². The van der Waals surface area contributed by atoms with Crippen molar-refractivity contribution in [2.24, 2.45) is 0 Å². The van der Waals surface area contributed by atoms with E-state index in [1.807, 2.05) is 30.3 Å². The molecule has 0 aliphatic heterocycles. The predicted octanol–water partition coefficient (Wildman–Crippen LogP) is 5.55. The fourth-order valence-electron chi connectivity index (χ4n) is 2.25. The van der Waals surface area contributed by atoms with Gasteiger partial charge in [-0.1, -0.05) is 29.3 Å². The van der Waals surface area contributed by atoms with Crippen LogP contribution in [0.5, 0.6) is 0 Å². The van der Waals surface area contributed by atoms with E-state index in [0.717, 1.165) is 27.8 Å². The van der Waals surface area contributed by atoms with Crippen LogP contribution < -0.4 is 5.32 Å². The van der Waals surface area contributed by atoms with Crippen molar-refractivity contribution in [1.29, 1.82) is 5.41 Å². The molecule has 1 heterocycles. The standard InChI is InChI=1S/C16H13Cl2N3/c1-9(19)20-12-3-5-15-11(6-12)8-16(21-15)10-2-4-13(17)14(18)7-10/h2-8,21H,1H3,(H2,19,20). The molecule has 0 fully saturated rings. The summed E-state index contributed by atoms with van der Waals surface area (Å²) in [5.41, 5.74) is 3.89. The molecule has 3 aromatic rings. The van der Waals surface area contributed by atoms with Gasteiger partial charge < -0.3 is 10.3 Å². The Morgan fingerprint density at radius 3 is 2.57 bits per heavy atom. The van der Waals surface area contributed by atoms with E-state index in [-0.39, 0.29) is 0 Å². The van der Waals surface area contributed by atoms with Gasteiger partial charge in [-0.3, -0.25) is 5.41 Å². The highest BCUT2D eigenvalue weighted by Gasteiger charge is 2.06. The van der Waals surface area contributed by atoms with Gasteiger partial charge in [-0.25, -0.2) is 0 Å². The van der Waals surface area contributed by atoms with Gasteiger partial charge in [0.1, 0.15) is 0 Å². The van der Waals surface area contributed by atoms with Crippen molar-refractivity contribution >= 4 is 45.6 Å². The first-order chi connectivity index (χ1) is 10.0. The lowest BCUT2D eigenvalue weighted by Gasteiger charge is -2.02. The van der Waals surface area contributed by atoms with Gasteiger partial charge in [0, 0.05) is 22.3 Å². The summed E-state index contributed by atoms with van der Waals surface area (Å²) in [6, 6.07) is 13.5. The molecule has 1 aromatic heterocycles. The number of benzene rings is 2. The van der Waals surface area contributed by atoms with E-state index in [0.29, 0.717) is 15.9 Å². The number of hydrogen-bond acceptors (Lipinski definition) is 1. The number of halogens is 2. The molecule has 21 heavy (non-hydrogen) atoms. The minimum Gasteiger partial charge on any atom is -0.355 e. The van der Waals surface area contributed by atoms with Crippen molar-refractivity contribution in [1.82, 2.24) is 4.98 Å². The topological polar surface area (TPSA) is 51.7 Å². The molecule has 0 saturated heterocycles. The van der Waals surface area contributed by atoms with Gasteiger partial charge in [0.15, 0.2) is 0 Å². The summed E-state index contributed by atoms with van der Waals surface area (Å²) in [6.45, 7) is 1.71. The average Bonchev–Trinajstić information content (AvgIpc) is 2.84. The van der Waals surface area contributed by atoms with Crippen molar-refractivity contribution in [2.75, 3.05) is 5.32 Å². The van der Waals surface area contributed by atoms with E-state index in [2.05, 4.69) is 16.4 Å². The molecule has 106 valence electrons. The molecule has 0 aliphatic carbocycles. The molecule has 0 saturated carbocycles. The fourth-order valence-corrected chi connectivity index (χ4v) is 2.54. The van der Waals surface area contributed by atoms with Gasteiger partial charge in [0.05, 0.1) is 15.9 Å². The van der Waals surface area contributed by atoms with E-state index in [1.54, 1.807) is 13.0 Å². The van der Waals surface area contributed by atoms with E-state index in [1.165, 1.54) is 0 Å². The third-order valence-corrected chi connectivity index (χ3v) is 3.92. The van der Waals surface area contributed by atoms with E-state index in [4.69, 9.17) is 28.6 Å². The number of rotatable bonds is 2. The van der Waals surface area contributed by atoms with Crippen LogP contribution in [0.25, 0.3) is 22.2 Å². The number of nitrogens with one attached hydrogen (secondary N) is 3. The number of H-pyrrole nitrogens is 1. The Hall–Kier alpha value is -1.97. The molecule has 2 aromatic carbocycles. The molecule has 0 atom stereocenters. The lowest BCUT2D eigenvalue weighted by Crippen LogP contribution is -2.04. The fraction of sp³-hybridized carbons (Fsp3) is 0.0625. The zero-order valence-electron chi connectivity index (χ0n) is 11.3. The SMILES string of the molecule is CC(=N)Nc1ccc2[nH]c(-c3ccc(Cl)c(Cl)c3)cc2c1. The molecule has 0 aliphatic rings. The molecular formula is C16H13Cl2N3. The number of hydrogen-bond donors (Lipinski definition) is 3. The van der Waals surface area contributed by atoms with Crippen LogP contribution in [0.15, 0.2) is 42.5 Å². The number of aromatic amines is 1. The molecule has 0 bridgehead atoms. The summed E-state index contributed by atoms with van der Waals surface area (Å²) >= 11 is 12.0. The molecule has 0 spiro atoms. The van der Waals surface area contributed by atoms with Gasteiger partial charge in [0.25, 0.3) is 0 Å². The normalized spacial score (nSPS) is 10.8. The molecule has 5 heteroatoms. The minimum absolute atomic E-state index is 0.412. The molecule has 0 radical (unpaired) electrons. The van der Waals surface area contributed by atoms with Gasteiger partial charge in [0.2, 0.25) is 0 Å². The molecule has 0 amide bonds. The Balaban J connectivity index is 2.04. The van der Waals surface area contributed by atoms with Crippen LogP contribution in [0, 0.1) is 5.41 Å². The number of anilines is 1. The third-order valence-electron chi connectivity index (χ3n) is 3.18. The van der Waals surface area contributed by atoms with Crippen molar-refractivity contribution in [3.63, 3.8) is 0 Å². The highest BCUT2D eigenvalue weighted by molar-refractivity contribution is 6.42. The summed E-state index contributed by atoms with van der Waals surface area (Å²) in [4.78, 5) is 3.36. The maximum absolute atomic E-state index is 7.48. The first kappa shape index (κ1) is 14.0. The minimum atomic E-state index is 0.412. The van der Waals surface area contributed by atoms with E-state index < -0.39 is 0 Å². The Morgan fingerprint density at radius 1 is 1.05 bits per heavy atom. The second-order valence-electron chi connectivity index (χ2n) is 4.86. The van der Waals surface area contributed by atoms with Crippen LogP contribution in [-0.2, 0) is 0 Å². The zero-order chi connectivity index (χ0) is 15.0. The second kappa shape index (κ2) is 5.43. The number of aromatic nitrogens is 1. The summed E-state index contributed by atoms with van der Waals surface area (Å²) < 4.78 is 0. The third kappa shape index (κ3) is 2.89. The summed E-state index contributed by atoms with van der Waals surface area (Å²) in [5, 5.41) is 12.6. The van der Waals surface area contributed by atoms with Crippen LogP contribution in [0.2, 0.25) is 10.0 Å². The smallest absolute Gasteiger partial charge is 0.0944 e. The second-order valence-corrected chi connectivity index (χ2v) is 5.68. The Morgan fingerprint density at radius 2 is 1.86 bits per heavy atom. The number of fused-ring (bicyclic) bond motifs is 1. The Bertz CT molecular complexity index is 837. The molecule has 3 nitrogen and oxygen atoms in total. The quantitative estimate of drug-likeness (QED) is 0.421. The van der Waals surface area contributed by atoms with Gasteiger partial charge in [-0.2, -0.15) is 0 Å². The molecular weight excluding hydrogens is 305 g/mol. The van der Waals surface area contributed by atoms with E-state index in [9.17, 15) is 0 Å². The van der Waals surface area contributed by atoms with Crippen LogP contribution in [0.4, 0.5) is 5.69 Å². The van der Waals surface area contributed by atoms with Crippen molar-refractivity contribution in [2.45, 2.75) is 6.92 Å². The highest BCUT2D eigenvalue weighted by atomic mass is 35.5. The summed E-state index contributed by atoms with van der Waals surface area (Å²) in [5.74, 6) is 0.412. The maximum atomic E-state index is 7.48. The van der Waals surface area contributed by atoms with Crippen molar-refractivity contribution < 1.29 is 0 Å². The Labute approximate surface area is 132 Å². The monoisotopic (exact) mass is 317 g/mol. The highest BCUT2D eigenvalue weighted by Crippen LogP contribution is 2.30. The average molecular weight is 318 g/mol. The zero-order valence-corrected chi connectivity index (χ0v) is 12.8. The largest absolute Gasteiger partial charge is 0.355 e. The van der Waals surface area contributed by atoms with Crippen LogP contribution in [-0.4, -0.2) is 10.8 Å². The Kier molecular flexibility index (Phi) is 3.62. The van der Waals surface area contributed by atoms with Crippen LogP contribution >= 0.6 is 23.2 Å². The van der Waals surface area contributed by atoms with Gasteiger partial charge in [-0.05, 0) is 48.9 Å². The molecule has 3 rings (SSSR count). The molecule has 3 N–H and O–H groups in total. The van der Waals surface area contributed by atoms with Crippen LogP contribution in [0.1, 0.15) is 6.92 Å². The first-order valence-electron chi connectivity index (χ1n) is 6.43. The first-order valence-corrected chi connectivity index (χ1v) is 7.19. The summed E-state index contributed by atoms with van der Waals surface area (Å²) in [6.07, 6.45) is 0. The van der Waals surface area contributed by atoms with Gasteiger partial charge >= 0.3 is 0 Å². The lowest BCUT2D eigenvalue weighted by atomic mass is 10.1. The maximum Gasteiger partial charge on any atom is 0.0944 e. The van der Waals surface area contributed by atoms with E-state index >= 15 is 0 Å². The van der Waals surface area contributed by atoms with Crippen LogP contribution in [0.3, 0.4) is 0 Å². The summed E-state index contributed by atoms with van der Waals surface area (Å²) in [7, 11) is 0. The lowest BCUT2D eigenvalue weighted by molar-refractivity contribution is 1.44. The predicted molar refractivity (Wildman–Crippen MR) is 90.8 cm³/mol. The molecule has 0 unspecified atom stereocenters.